The molecule has 3 aliphatic rings. The third-order valence-electron chi connectivity index (χ3n) is 5.09. The molecule has 0 spiro atoms. The number of allylic oxidation sites excluding steroid dienone is 6. The molecule has 0 aromatic heterocycles. The molecule has 1 aromatic rings. The van der Waals surface area contributed by atoms with Gasteiger partial charge in [-0.2, -0.15) is 29.0 Å². The zero-order valence-corrected chi connectivity index (χ0v) is 15.2. The number of benzene rings is 1. The Kier molecular flexibility index (Phi) is 4.61. The predicted molar refractivity (Wildman–Crippen MR) is 92.5 cm³/mol. The molecule has 0 aliphatic heterocycles. The molecule has 33 heavy (non-hydrogen) atoms. The van der Waals surface area contributed by atoms with Gasteiger partial charge in [-0.3, -0.25) is 0 Å². The summed E-state index contributed by atoms with van der Waals surface area (Å²) in [5.41, 5.74) is -5.25. The van der Waals surface area contributed by atoms with Gasteiger partial charge in [0.2, 0.25) is 17.5 Å². The lowest BCUT2D eigenvalue weighted by molar-refractivity contribution is 0.644. The van der Waals surface area contributed by atoms with Gasteiger partial charge in [-0.1, -0.05) is 0 Å². The van der Waals surface area contributed by atoms with Crippen LogP contribution in [0.2, 0.25) is 0 Å². The highest BCUT2D eigenvalue weighted by Gasteiger charge is 2.37. The van der Waals surface area contributed by atoms with Gasteiger partial charge in [-0.25, -0.2) is 26.3 Å². The molecule has 0 heterocycles. The summed E-state index contributed by atoms with van der Waals surface area (Å²) in [5, 5.41) is 17.5. The van der Waals surface area contributed by atoms with Crippen molar-refractivity contribution in [1.29, 1.82) is 15.8 Å². The van der Waals surface area contributed by atoms with E-state index in [2.05, 4.69) is 0 Å². The van der Waals surface area contributed by atoms with Crippen LogP contribution in [-0.2, 0) is 0 Å². The Labute approximate surface area is 174 Å². The molecule has 0 saturated carbocycles. The topological polar surface area (TPSA) is 71.4 Å². The number of halogens is 9. The van der Waals surface area contributed by atoms with Crippen molar-refractivity contribution in [3.8, 4) is 18.2 Å². The quantitative estimate of drug-likeness (QED) is 0.430. The molecule has 0 bridgehead atoms. The van der Waals surface area contributed by atoms with Crippen LogP contribution in [-0.4, -0.2) is 0 Å². The minimum Gasteiger partial charge on any atom is -0.205 e. The van der Waals surface area contributed by atoms with E-state index in [0.717, 1.165) is 18.2 Å². The van der Waals surface area contributed by atoms with E-state index in [-0.39, 0.29) is 0 Å². The summed E-state index contributed by atoms with van der Waals surface area (Å²) in [6.07, 6.45) is 0. The van der Waals surface area contributed by atoms with Crippen molar-refractivity contribution in [3.63, 3.8) is 0 Å². The molecule has 0 amide bonds. The van der Waals surface area contributed by atoms with Crippen molar-refractivity contribution < 1.29 is 39.5 Å². The second kappa shape index (κ2) is 7.01. The van der Waals surface area contributed by atoms with Gasteiger partial charge in [0.05, 0.1) is 16.7 Å². The summed E-state index contributed by atoms with van der Waals surface area (Å²) in [6, 6.07) is 2.27. The minimum absolute atomic E-state index is 0.757. The number of nitriles is 3. The first-order chi connectivity index (χ1) is 15.5. The second-order valence-corrected chi connectivity index (χ2v) is 6.54. The summed E-state index contributed by atoms with van der Waals surface area (Å²) in [7, 11) is 0. The molecule has 0 N–H and O–H groups in total. The molecular weight excluding hydrogens is 465 g/mol. The summed E-state index contributed by atoms with van der Waals surface area (Å²) in [4.78, 5) is 0. The standard InChI is InChI=1S/C21F9N3/c22-4(1-31)7-16(25)10-11(17(7)26)13-15(21(30)9(19(13)28)6(24)3-33)14-12(10)18(27)8(20(14)29)5(23)2-32. The first-order valence-corrected chi connectivity index (χ1v) is 8.37. The zero-order valence-electron chi connectivity index (χ0n) is 15.2. The highest BCUT2D eigenvalue weighted by molar-refractivity contribution is 5.93. The van der Waals surface area contributed by atoms with Crippen LogP contribution in [0, 0.1) is 34.0 Å². The van der Waals surface area contributed by atoms with Gasteiger partial charge < -0.3 is 0 Å². The number of rotatable bonds is 0. The predicted octanol–water partition coefficient (Wildman–Crippen LogP) is 1.44. The highest BCUT2D eigenvalue weighted by atomic mass is 19.2. The normalized spacial score (nSPS) is 16.0. The Morgan fingerprint density at radius 3 is 0.667 bits per heavy atom. The average Bonchev–Trinajstić information content (AvgIpc) is 3.31. The maximum atomic E-state index is 15.0. The van der Waals surface area contributed by atoms with Gasteiger partial charge in [0.1, 0.15) is 53.2 Å². The summed E-state index contributed by atoms with van der Waals surface area (Å²) >= 11 is 0. The van der Waals surface area contributed by atoms with E-state index in [9.17, 15) is 39.5 Å². The van der Waals surface area contributed by atoms with Crippen molar-refractivity contribution in [2.24, 2.45) is 0 Å². The van der Waals surface area contributed by atoms with Crippen LogP contribution in [0.15, 0.2) is 34.2 Å². The molecule has 1 aromatic carbocycles. The molecular formula is C21F9N3. The van der Waals surface area contributed by atoms with Crippen LogP contribution in [0.3, 0.4) is 0 Å². The lowest BCUT2D eigenvalue weighted by Crippen LogP contribution is -2.64. The van der Waals surface area contributed by atoms with Gasteiger partial charge in [0.25, 0.3) is 0 Å². The fraction of sp³-hybridized carbons (Fsp3) is 0. The molecule has 3 aliphatic carbocycles. The van der Waals surface area contributed by atoms with E-state index in [1.165, 1.54) is 0 Å². The van der Waals surface area contributed by atoms with Gasteiger partial charge in [0, 0.05) is 31.3 Å². The van der Waals surface area contributed by atoms with Crippen molar-refractivity contribution in [2.75, 3.05) is 0 Å². The van der Waals surface area contributed by atoms with E-state index in [4.69, 9.17) is 15.8 Å². The number of hydrogen-bond acceptors (Lipinski definition) is 3. The van der Waals surface area contributed by atoms with Gasteiger partial charge in [-0.15, -0.1) is 0 Å². The van der Waals surface area contributed by atoms with Gasteiger partial charge in [-0.05, 0) is 0 Å². The van der Waals surface area contributed by atoms with Crippen LogP contribution in [0.4, 0.5) is 39.5 Å². The summed E-state index contributed by atoms with van der Waals surface area (Å²) in [6.45, 7) is 0. The number of nitrogens with zero attached hydrogens (tertiary/aromatic N) is 3. The molecule has 0 saturated heterocycles. The van der Waals surface area contributed by atoms with Crippen molar-refractivity contribution in [2.45, 2.75) is 0 Å². The fourth-order valence-electron chi connectivity index (χ4n) is 3.85. The maximum absolute atomic E-state index is 15.0. The Bertz CT molecular complexity index is 1510. The van der Waals surface area contributed by atoms with E-state index in [0.29, 0.717) is 0 Å². The zero-order chi connectivity index (χ0) is 24.5. The minimum atomic E-state index is -2.12. The fourth-order valence-corrected chi connectivity index (χ4v) is 3.85. The third kappa shape index (κ3) is 2.45. The molecule has 0 unspecified atom stereocenters. The Morgan fingerprint density at radius 2 is 0.545 bits per heavy atom. The van der Waals surface area contributed by atoms with E-state index in [1.807, 2.05) is 0 Å². The van der Waals surface area contributed by atoms with Crippen LogP contribution < -0.4 is 31.3 Å². The molecule has 0 atom stereocenters. The Balaban J connectivity index is 2.65. The van der Waals surface area contributed by atoms with Crippen LogP contribution >= 0.6 is 0 Å². The first-order valence-electron chi connectivity index (χ1n) is 8.37. The Hall–Kier alpha value is -4.50. The summed E-state index contributed by atoms with van der Waals surface area (Å²) in [5.74, 6) is -18.6. The smallest absolute Gasteiger partial charge is 0.205 e. The third-order valence-corrected chi connectivity index (χ3v) is 5.09. The van der Waals surface area contributed by atoms with Crippen molar-refractivity contribution in [1.82, 2.24) is 0 Å². The highest BCUT2D eigenvalue weighted by Crippen LogP contribution is 2.32. The van der Waals surface area contributed by atoms with Gasteiger partial charge in [0.15, 0.2) is 0 Å². The molecule has 3 nitrogen and oxygen atoms in total. The molecule has 4 rings (SSSR count). The van der Waals surface area contributed by atoms with Crippen molar-refractivity contribution >= 4 is 35.0 Å². The monoisotopic (exact) mass is 465 g/mol. The first kappa shape index (κ1) is 21.7. The molecule has 162 valence electrons. The van der Waals surface area contributed by atoms with Gasteiger partial charge >= 0.3 is 0 Å². The lowest BCUT2D eigenvalue weighted by atomic mass is 10.1. The maximum Gasteiger partial charge on any atom is 0.213 e. The van der Waals surface area contributed by atoms with E-state index in [1.54, 1.807) is 0 Å². The van der Waals surface area contributed by atoms with E-state index < -0.39 is 100 Å². The molecule has 12 heteroatoms. The second-order valence-electron chi connectivity index (χ2n) is 6.54. The van der Waals surface area contributed by atoms with Crippen LogP contribution in [0.1, 0.15) is 0 Å². The number of fused-ring (bicyclic) bond motifs is 6. The lowest BCUT2D eigenvalue weighted by Gasteiger charge is -1.95. The van der Waals surface area contributed by atoms with Crippen LogP contribution in [0.5, 0.6) is 0 Å². The summed E-state index contributed by atoms with van der Waals surface area (Å²) < 4.78 is 132. The van der Waals surface area contributed by atoms with E-state index >= 15 is 0 Å². The van der Waals surface area contributed by atoms with Crippen molar-refractivity contribution in [3.05, 3.63) is 65.5 Å². The average molecular weight is 465 g/mol. The molecule has 0 radical (unpaired) electrons. The largest absolute Gasteiger partial charge is 0.213 e. The number of hydrogen-bond donors (Lipinski definition) is 0. The SMILES string of the molecule is N#CC(F)=C1C(F)=c2c3c(c4c(c2=C1F)=C(F)C(=C(F)C#N)C=4F)=C(F)C(=C(F)C#N)C=3F. The molecule has 0 fully saturated rings. The van der Waals surface area contributed by atoms with Crippen LogP contribution in [0.25, 0.3) is 35.0 Å². The Morgan fingerprint density at radius 1 is 0.394 bits per heavy atom.